The Balaban J connectivity index is 2.23. The monoisotopic (exact) mass is 240 g/mol. The molecule has 2 rings (SSSR count). The molecule has 1 saturated carbocycles. The van der Waals surface area contributed by atoms with Gasteiger partial charge in [0.05, 0.1) is 5.92 Å². The Morgan fingerprint density at radius 2 is 2.19 bits per heavy atom. The van der Waals surface area contributed by atoms with Crippen LogP contribution in [0.2, 0.25) is 0 Å². The highest BCUT2D eigenvalue weighted by Gasteiger charge is 2.63. The minimum absolute atomic E-state index is 0.121. The third-order valence-electron chi connectivity index (χ3n) is 3.29. The molecular weight excluding hydrogens is 224 g/mol. The van der Waals surface area contributed by atoms with Gasteiger partial charge < -0.3 is 10.0 Å². The molecule has 0 aromatic carbocycles. The number of carboxylic acid groups (broad SMARTS) is 1. The molecule has 16 heavy (non-hydrogen) atoms. The number of carbonyl (C=O) groups is 1. The van der Waals surface area contributed by atoms with Gasteiger partial charge in [-0.25, -0.2) is 4.98 Å². The second kappa shape index (κ2) is 3.45. The zero-order valence-electron chi connectivity index (χ0n) is 9.89. The molecule has 1 N–H and O–H groups in total. The van der Waals surface area contributed by atoms with E-state index in [0.29, 0.717) is 0 Å². The number of carboxylic acids is 1. The van der Waals surface area contributed by atoms with Crippen LogP contribution in [0.4, 0.5) is 5.13 Å². The summed E-state index contributed by atoms with van der Waals surface area (Å²) in [5, 5.41) is 10.0. The third kappa shape index (κ3) is 1.59. The van der Waals surface area contributed by atoms with Crippen molar-refractivity contribution in [1.29, 1.82) is 0 Å². The Morgan fingerprint density at radius 3 is 2.56 bits per heavy atom. The summed E-state index contributed by atoms with van der Waals surface area (Å²) < 4.78 is 0. The molecule has 0 radical (unpaired) electrons. The van der Waals surface area contributed by atoms with Crippen molar-refractivity contribution in [3.8, 4) is 0 Å². The van der Waals surface area contributed by atoms with Crippen molar-refractivity contribution >= 4 is 22.4 Å². The van der Waals surface area contributed by atoms with E-state index in [0.717, 1.165) is 10.0 Å². The maximum atomic E-state index is 11.1. The number of nitrogens with zero attached hydrogens (tertiary/aromatic N) is 2. The molecule has 1 fully saturated rings. The second-order valence-electron chi connectivity index (χ2n) is 5.05. The third-order valence-corrected chi connectivity index (χ3v) is 4.54. The van der Waals surface area contributed by atoms with Gasteiger partial charge in [0, 0.05) is 31.1 Å². The van der Waals surface area contributed by atoms with Gasteiger partial charge in [-0.1, -0.05) is 13.8 Å². The van der Waals surface area contributed by atoms with Gasteiger partial charge in [0.25, 0.3) is 0 Å². The summed E-state index contributed by atoms with van der Waals surface area (Å²) in [6.45, 7) is 4.01. The summed E-state index contributed by atoms with van der Waals surface area (Å²) in [6, 6.07) is 0. The molecule has 88 valence electrons. The quantitative estimate of drug-likeness (QED) is 0.878. The standard InChI is InChI=1S/C11H16N2O2S/c1-11(2)7(8(11)9(14)15)6-5-12-10(16-6)13(3)4/h5,7-8H,1-4H3,(H,14,15). The fraction of sp³-hybridized carbons (Fsp3) is 0.636. The minimum Gasteiger partial charge on any atom is -0.481 e. The predicted octanol–water partition coefficient (Wildman–Crippen LogP) is 2.03. The van der Waals surface area contributed by atoms with Gasteiger partial charge in [0.15, 0.2) is 5.13 Å². The lowest BCUT2D eigenvalue weighted by atomic mass is 10.1. The van der Waals surface area contributed by atoms with Crippen molar-refractivity contribution in [2.24, 2.45) is 11.3 Å². The Kier molecular flexibility index (Phi) is 2.45. The first-order chi connectivity index (χ1) is 7.35. The molecule has 0 spiro atoms. The highest BCUT2D eigenvalue weighted by atomic mass is 32.1. The van der Waals surface area contributed by atoms with Crippen LogP contribution in [-0.4, -0.2) is 30.2 Å². The van der Waals surface area contributed by atoms with Crippen LogP contribution in [-0.2, 0) is 4.79 Å². The van der Waals surface area contributed by atoms with Crippen molar-refractivity contribution in [2.45, 2.75) is 19.8 Å². The zero-order valence-corrected chi connectivity index (χ0v) is 10.7. The SMILES string of the molecule is CN(C)c1ncc(C2C(C(=O)O)C2(C)C)s1. The number of thiazole rings is 1. The maximum Gasteiger partial charge on any atom is 0.307 e. The first kappa shape index (κ1) is 11.4. The van der Waals surface area contributed by atoms with Gasteiger partial charge in [-0.05, 0) is 5.41 Å². The summed E-state index contributed by atoms with van der Waals surface area (Å²) in [7, 11) is 3.88. The van der Waals surface area contributed by atoms with E-state index >= 15 is 0 Å². The number of hydrogen-bond acceptors (Lipinski definition) is 4. The van der Waals surface area contributed by atoms with E-state index in [-0.39, 0.29) is 17.3 Å². The molecule has 0 amide bonds. The fourth-order valence-corrected chi connectivity index (χ4v) is 3.43. The van der Waals surface area contributed by atoms with Gasteiger partial charge >= 0.3 is 5.97 Å². The van der Waals surface area contributed by atoms with Crippen molar-refractivity contribution in [3.05, 3.63) is 11.1 Å². The van der Waals surface area contributed by atoms with Crippen LogP contribution >= 0.6 is 11.3 Å². The van der Waals surface area contributed by atoms with Crippen LogP contribution in [0.15, 0.2) is 6.20 Å². The van der Waals surface area contributed by atoms with E-state index in [1.54, 1.807) is 11.3 Å². The molecule has 0 aliphatic heterocycles. The molecule has 1 aliphatic carbocycles. The number of rotatable bonds is 3. The van der Waals surface area contributed by atoms with Crippen molar-refractivity contribution in [1.82, 2.24) is 4.98 Å². The van der Waals surface area contributed by atoms with Crippen molar-refractivity contribution in [3.63, 3.8) is 0 Å². The summed E-state index contributed by atoms with van der Waals surface area (Å²) in [6.07, 6.45) is 1.81. The Labute approximate surface area is 98.9 Å². The van der Waals surface area contributed by atoms with E-state index in [9.17, 15) is 4.79 Å². The van der Waals surface area contributed by atoms with Gasteiger partial charge in [-0.2, -0.15) is 0 Å². The summed E-state index contributed by atoms with van der Waals surface area (Å²) in [4.78, 5) is 18.4. The van der Waals surface area contributed by atoms with Crippen LogP contribution in [0.25, 0.3) is 0 Å². The Hall–Kier alpha value is -1.10. The average Bonchev–Trinajstić information content (AvgIpc) is 2.60. The largest absolute Gasteiger partial charge is 0.481 e. The Bertz CT molecular complexity index is 425. The van der Waals surface area contributed by atoms with E-state index in [1.807, 2.05) is 39.0 Å². The molecular formula is C11H16N2O2S. The average molecular weight is 240 g/mol. The first-order valence-corrected chi connectivity index (χ1v) is 6.03. The molecule has 1 aromatic heterocycles. The second-order valence-corrected chi connectivity index (χ2v) is 6.10. The van der Waals surface area contributed by atoms with E-state index in [2.05, 4.69) is 4.98 Å². The number of anilines is 1. The normalized spacial score (nSPS) is 26.5. The zero-order chi connectivity index (χ0) is 12.1. The Morgan fingerprint density at radius 1 is 1.56 bits per heavy atom. The number of aliphatic carboxylic acids is 1. The summed E-state index contributed by atoms with van der Waals surface area (Å²) >= 11 is 1.59. The minimum atomic E-state index is -0.699. The van der Waals surface area contributed by atoms with Crippen LogP contribution in [0.1, 0.15) is 24.6 Å². The lowest BCUT2D eigenvalue weighted by Crippen LogP contribution is -2.07. The van der Waals surface area contributed by atoms with Crippen LogP contribution in [0.5, 0.6) is 0 Å². The predicted molar refractivity (Wildman–Crippen MR) is 64.1 cm³/mol. The molecule has 2 atom stereocenters. The number of aromatic nitrogens is 1. The highest BCUT2D eigenvalue weighted by Crippen LogP contribution is 2.65. The summed E-state index contributed by atoms with van der Waals surface area (Å²) in [5.41, 5.74) is -0.137. The first-order valence-electron chi connectivity index (χ1n) is 5.21. The number of hydrogen-bond donors (Lipinski definition) is 1. The molecule has 1 aliphatic rings. The maximum absolute atomic E-state index is 11.1. The van der Waals surface area contributed by atoms with Crippen molar-refractivity contribution in [2.75, 3.05) is 19.0 Å². The topological polar surface area (TPSA) is 53.4 Å². The van der Waals surface area contributed by atoms with E-state index in [1.165, 1.54) is 0 Å². The van der Waals surface area contributed by atoms with Crippen LogP contribution < -0.4 is 4.90 Å². The molecule has 1 aromatic rings. The molecule has 2 unspecified atom stereocenters. The summed E-state index contributed by atoms with van der Waals surface area (Å²) in [5.74, 6) is -0.839. The van der Waals surface area contributed by atoms with Crippen LogP contribution in [0, 0.1) is 11.3 Å². The lowest BCUT2D eigenvalue weighted by Gasteiger charge is -2.05. The van der Waals surface area contributed by atoms with E-state index in [4.69, 9.17) is 5.11 Å². The molecule has 5 heteroatoms. The smallest absolute Gasteiger partial charge is 0.307 e. The van der Waals surface area contributed by atoms with Gasteiger partial charge in [0.2, 0.25) is 0 Å². The van der Waals surface area contributed by atoms with Gasteiger partial charge in [-0.15, -0.1) is 11.3 Å². The highest BCUT2D eigenvalue weighted by molar-refractivity contribution is 7.15. The van der Waals surface area contributed by atoms with Crippen LogP contribution in [0.3, 0.4) is 0 Å². The fourth-order valence-electron chi connectivity index (χ4n) is 2.26. The van der Waals surface area contributed by atoms with Crippen molar-refractivity contribution < 1.29 is 9.90 Å². The van der Waals surface area contributed by atoms with E-state index < -0.39 is 5.97 Å². The molecule has 1 heterocycles. The molecule has 0 bridgehead atoms. The van der Waals surface area contributed by atoms with Gasteiger partial charge in [-0.3, -0.25) is 4.79 Å². The van der Waals surface area contributed by atoms with Gasteiger partial charge in [0.1, 0.15) is 0 Å². The molecule has 0 saturated heterocycles. The lowest BCUT2D eigenvalue weighted by molar-refractivity contribution is -0.139. The molecule has 4 nitrogen and oxygen atoms in total.